The van der Waals surface area contributed by atoms with Crippen molar-refractivity contribution in [2.75, 3.05) is 0 Å². The fraction of sp³-hybridized carbons (Fsp3) is 0.176. The first kappa shape index (κ1) is 15.3. The molecule has 0 aliphatic rings. The molecule has 0 bridgehead atoms. The maximum absolute atomic E-state index is 12.5. The lowest BCUT2D eigenvalue weighted by Gasteiger charge is -2.13. The van der Waals surface area contributed by atoms with Gasteiger partial charge < -0.3 is 5.32 Å². The van der Waals surface area contributed by atoms with Crippen LogP contribution in [0.2, 0.25) is 0 Å². The predicted octanol–water partition coefficient (Wildman–Crippen LogP) is 3.40. The lowest BCUT2D eigenvalue weighted by atomic mass is 10.1. The number of carbonyl (C=O) groups excluding carboxylic acids is 1. The minimum Gasteiger partial charge on any atom is -0.345 e. The smallest absolute Gasteiger partial charge is 0.263 e. The van der Waals surface area contributed by atoms with E-state index in [1.54, 1.807) is 18.6 Å². The molecule has 23 heavy (non-hydrogen) atoms. The Hall–Kier alpha value is -2.60. The predicted molar refractivity (Wildman–Crippen MR) is 90.2 cm³/mol. The van der Waals surface area contributed by atoms with Crippen molar-refractivity contribution in [2.45, 2.75) is 19.9 Å². The first-order valence-corrected chi connectivity index (χ1v) is 8.06. The van der Waals surface area contributed by atoms with Gasteiger partial charge in [0.1, 0.15) is 9.88 Å². The molecule has 1 N–H and O–H groups in total. The highest BCUT2D eigenvalue weighted by molar-refractivity contribution is 7.17. The number of nitrogens with one attached hydrogen (secondary N) is 1. The average molecular weight is 324 g/mol. The zero-order valence-corrected chi connectivity index (χ0v) is 13.7. The van der Waals surface area contributed by atoms with Gasteiger partial charge in [-0.2, -0.15) is 0 Å². The van der Waals surface area contributed by atoms with E-state index in [1.165, 1.54) is 11.3 Å². The molecule has 3 aromatic rings. The molecule has 1 atom stereocenters. The molecular formula is C17H16N4OS. The Bertz CT molecular complexity index is 802. The van der Waals surface area contributed by atoms with Crippen LogP contribution >= 0.6 is 11.3 Å². The number of thiazole rings is 1. The Morgan fingerprint density at radius 1 is 1.17 bits per heavy atom. The molecule has 116 valence electrons. The molecule has 6 heteroatoms. The van der Waals surface area contributed by atoms with Gasteiger partial charge in [0.2, 0.25) is 0 Å². The van der Waals surface area contributed by atoms with Gasteiger partial charge >= 0.3 is 0 Å². The van der Waals surface area contributed by atoms with E-state index in [4.69, 9.17) is 0 Å². The van der Waals surface area contributed by atoms with Gasteiger partial charge in [-0.15, -0.1) is 11.3 Å². The van der Waals surface area contributed by atoms with Crippen LogP contribution in [0.5, 0.6) is 0 Å². The van der Waals surface area contributed by atoms with Crippen LogP contribution < -0.4 is 5.32 Å². The maximum Gasteiger partial charge on any atom is 0.263 e. The van der Waals surface area contributed by atoms with Crippen LogP contribution in [-0.2, 0) is 0 Å². The highest BCUT2D eigenvalue weighted by atomic mass is 32.1. The summed E-state index contributed by atoms with van der Waals surface area (Å²) in [5.41, 5.74) is 2.51. The topological polar surface area (TPSA) is 67.8 Å². The quantitative estimate of drug-likeness (QED) is 0.798. The standard InChI is InChI=1S/C17H16N4OS/c1-11(13-6-9-18-10-7-13)20-16(22)15-12(2)21-17(23-15)14-5-3-4-8-19-14/h3-11H,1-2H3,(H,20,22). The Balaban J connectivity index is 1.79. The number of hydrogen-bond acceptors (Lipinski definition) is 5. The average Bonchev–Trinajstić information content (AvgIpc) is 2.98. The molecule has 1 unspecified atom stereocenters. The highest BCUT2D eigenvalue weighted by Crippen LogP contribution is 2.26. The lowest BCUT2D eigenvalue weighted by molar-refractivity contribution is 0.0943. The Morgan fingerprint density at radius 3 is 2.65 bits per heavy atom. The van der Waals surface area contributed by atoms with E-state index in [9.17, 15) is 4.79 Å². The summed E-state index contributed by atoms with van der Waals surface area (Å²) in [5, 5.41) is 3.76. The van der Waals surface area contributed by atoms with Crippen LogP contribution in [0.25, 0.3) is 10.7 Å². The van der Waals surface area contributed by atoms with E-state index in [-0.39, 0.29) is 11.9 Å². The first-order chi connectivity index (χ1) is 11.1. The molecule has 0 fully saturated rings. The molecule has 0 saturated carbocycles. The van der Waals surface area contributed by atoms with Crippen LogP contribution in [-0.4, -0.2) is 20.9 Å². The number of pyridine rings is 2. The van der Waals surface area contributed by atoms with Gasteiger partial charge in [-0.05, 0) is 43.7 Å². The summed E-state index contributed by atoms with van der Waals surface area (Å²) in [6.45, 7) is 3.79. The number of carbonyl (C=O) groups is 1. The third-order valence-corrected chi connectivity index (χ3v) is 4.62. The Labute approximate surface area is 138 Å². The molecular weight excluding hydrogens is 308 g/mol. The SMILES string of the molecule is Cc1nc(-c2ccccn2)sc1C(=O)NC(C)c1ccncc1. The number of aryl methyl sites for hydroxylation is 1. The minimum absolute atomic E-state index is 0.0923. The van der Waals surface area contributed by atoms with Crippen LogP contribution in [0.15, 0.2) is 48.9 Å². The molecule has 5 nitrogen and oxygen atoms in total. The molecule has 3 heterocycles. The number of aromatic nitrogens is 3. The van der Waals surface area contributed by atoms with Crippen molar-refractivity contribution in [3.05, 3.63) is 65.1 Å². The molecule has 0 aliphatic heterocycles. The zero-order valence-electron chi connectivity index (χ0n) is 12.9. The van der Waals surface area contributed by atoms with Crippen LogP contribution in [0, 0.1) is 6.92 Å². The van der Waals surface area contributed by atoms with E-state index in [2.05, 4.69) is 20.3 Å². The van der Waals surface area contributed by atoms with Crippen molar-refractivity contribution in [1.29, 1.82) is 0 Å². The summed E-state index contributed by atoms with van der Waals surface area (Å²) in [6.07, 6.45) is 5.15. The summed E-state index contributed by atoms with van der Waals surface area (Å²) >= 11 is 1.36. The third kappa shape index (κ3) is 3.43. The summed E-state index contributed by atoms with van der Waals surface area (Å²) in [7, 11) is 0. The van der Waals surface area contributed by atoms with Crippen LogP contribution in [0.4, 0.5) is 0 Å². The number of rotatable bonds is 4. The summed E-state index contributed by atoms with van der Waals surface area (Å²) in [6, 6.07) is 9.34. The van der Waals surface area contributed by atoms with Crippen molar-refractivity contribution >= 4 is 17.2 Å². The number of nitrogens with zero attached hydrogens (tertiary/aromatic N) is 3. The van der Waals surface area contributed by atoms with Gasteiger partial charge in [-0.3, -0.25) is 14.8 Å². The molecule has 0 aromatic carbocycles. The van der Waals surface area contributed by atoms with E-state index >= 15 is 0 Å². The molecule has 0 radical (unpaired) electrons. The minimum atomic E-state index is -0.119. The van der Waals surface area contributed by atoms with Gasteiger partial charge in [0, 0.05) is 18.6 Å². The van der Waals surface area contributed by atoms with Crippen LogP contribution in [0.3, 0.4) is 0 Å². The normalized spacial score (nSPS) is 11.9. The summed E-state index contributed by atoms with van der Waals surface area (Å²) in [4.78, 5) is 25.9. The number of hydrogen-bond donors (Lipinski definition) is 1. The van der Waals surface area contributed by atoms with Crippen molar-refractivity contribution in [3.63, 3.8) is 0 Å². The summed E-state index contributed by atoms with van der Waals surface area (Å²) < 4.78 is 0. The maximum atomic E-state index is 12.5. The van der Waals surface area contributed by atoms with E-state index in [1.807, 2.05) is 44.2 Å². The van der Waals surface area contributed by atoms with Crippen LogP contribution in [0.1, 0.15) is 33.9 Å². The fourth-order valence-electron chi connectivity index (χ4n) is 2.20. The lowest BCUT2D eigenvalue weighted by Crippen LogP contribution is -2.26. The third-order valence-electron chi connectivity index (χ3n) is 3.44. The van der Waals surface area contributed by atoms with E-state index < -0.39 is 0 Å². The zero-order chi connectivity index (χ0) is 16.2. The van der Waals surface area contributed by atoms with Gasteiger partial charge in [-0.25, -0.2) is 4.98 Å². The molecule has 0 aliphatic carbocycles. The largest absolute Gasteiger partial charge is 0.345 e. The molecule has 3 aromatic heterocycles. The van der Waals surface area contributed by atoms with E-state index in [0.717, 1.165) is 22.0 Å². The van der Waals surface area contributed by atoms with Crippen molar-refractivity contribution in [3.8, 4) is 10.7 Å². The molecule has 0 spiro atoms. The Morgan fingerprint density at radius 2 is 1.96 bits per heavy atom. The second kappa shape index (κ2) is 6.66. The van der Waals surface area contributed by atoms with Gasteiger partial charge in [0.05, 0.1) is 17.4 Å². The molecule has 1 amide bonds. The van der Waals surface area contributed by atoms with Gasteiger partial charge in [0.15, 0.2) is 0 Å². The monoisotopic (exact) mass is 324 g/mol. The second-order valence-corrected chi connectivity index (χ2v) is 6.12. The van der Waals surface area contributed by atoms with E-state index in [0.29, 0.717) is 4.88 Å². The number of amides is 1. The Kier molecular flexibility index (Phi) is 4.43. The van der Waals surface area contributed by atoms with Crippen molar-refractivity contribution in [2.24, 2.45) is 0 Å². The second-order valence-electron chi connectivity index (χ2n) is 5.12. The van der Waals surface area contributed by atoms with Gasteiger partial charge in [-0.1, -0.05) is 6.07 Å². The summed E-state index contributed by atoms with van der Waals surface area (Å²) in [5.74, 6) is -0.119. The van der Waals surface area contributed by atoms with Crippen molar-refractivity contribution < 1.29 is 4.79 Å². The fourth-order valence-corrected chi connectivity index (χ4v) is 3.15. The highest BCUT2D eigenvalue weighted by Gasteiger charge is 2.18. The molecule has 0 saturated heterocycles. The first-order valence-electron chi connectivity index (χ1n) is 7.25. The van der Waals surface area contributed by atoms with Gasteiger partial charge in [0.25, 0.3) is 5.91 Å². The molecule has 3 rings (SSSR count). The van der Waals surface area contributed by atoms with Crippen molar-refractivity contribution in [1.82, 2.24) is 20.3 Å².